The van der Waals surface area contributed by atoms with Gasteiger partial charge in [0.1, 0.15) is 11.9 Å². The molecule has 0 spiro atoms. The van der Waals surface area contributed by atoms with E-state index >= 15 is 0 Å². The Morgan fingerprint density at radius 2 is 2.33 bits per heavy atom. The Bertz CT molecular complexity index is 653. The van der Waals surface area contributed by atoms with Gasteiger partial charge in [0, 0.05) is 26.2 Å². The Morgan fingerprint density at radius 3 is 3.04 bits per heavy atom. The topological polar surface area (TPSA) is 72.9 Å². The van der Waals surface area contributed by atoms with E-state index in [1.165, 1.54) is 0 Å². The summed E-state index contributed by atoms with van der Waals surface area (Å²) in [5.74, 6) is 1.37. The third kappa shape index (κ3) is 3.48. The van der Waals surface area contributed by atoms with Crippen LogP contribution in [0, 0.1) is 6.92 Å². The molecule has 2 aromatic rings. The van der Waals surface area contributed by atoms with Crippen LogP contribution in [0.4, 0.5) is 0 Å². The van der Waals surface area contributed by atoms with Crippen molar-refractivity contribution in [3.05, 3.63) is 35.4 Å². The Balaban J connectivity index is 1.73. The molecule has 2 unspecified atom stereocenters. The highest BCUT2D eigenvalue weighted by atomic mass is 16.5. The molecule has 1 aliphatic heterocycles. The maximum atomic E-state index is 10.4. The molecule has 132 valence electrons. The van der Waals surface area contributed by atoms with Gasteiger partial charge < -0.3 is 19.0 Å². The summed E-state index contributed by atoms with van der Waals surface area (Å²) in [6.45, 7) is 4.81. The fourth-order valence-electron chi connectivity index (χ4n) is 3.29. The standard InChI is InChI=1S/C17H25N3O4/c1-12-14(17(22-3)19(2)18-12)10-20-6-8-23-11-13(20)9-15(21)16-5-4-7-24-16/h4-5,7,13,15,21H,6,8-11H2,1-3H3. The van der Waals surface area contributed by atoms with Crippen molar-refractivity contribution in [1.29, 1.82) is 0 Å². The second-order valence-electron chi connectivity index (χ2n) is 6.16. The van der Waals surface area contributed by atoms with Gasteiger partial charge >= 0.3 is 0 Å². The minimum atomic E-state index is -0.633. The summed E-state index contributed by atoms with van der Waals surface area (Å²) in [7, 11) is 3.55. The van der Waals surface area contributed by atoms with E-state index in [2.05, 4.69) is 10.00 Å². The van der Waals surface area contributed by atoms with Crippen molar-refractivity contribution in [2.45, 2.75) is 32.0 Å². The third-order valence-corrected chi connectivity index (χ3v) is 4.56. The van der Waals surface area contributed by atoms with Gasteiger partial charge in [0.15, 0.2) is 0 Å². The molecule has 0 saturated carbocycles. The molecule has 0 aromatic carbocycles. The second kappa shape index (κ2) is 7.38. The average molecular weight is 335 g/mol. The van der Waals surface area contributed by atoms with Gasteiger partial charge in [0.05, 0.1) is 37.8 Å². The highest BCUT2D eigenvalue weighted by Gasteiger charge is 2.29. The molecule has 0 amide bonds. The molecule has 2 atom stereocenters. The van der Waals surface area contributed by atoms with Gasteiger partial charge in [0.2, 0.25) is 5.88 Å². The summed E-state index contributed by atoms with van der Waals surface area (Å²) in [6.07, 6.45) is 1.51. The van der Waals surface area contributed by atoms with E-state index in [1.54, 1.807) is 30.2 Å². The second-order valence-corrected chi connectivity index (χ2v) is 6.16. The first-order valence-corrected chi connectivity index (χ1v) is 8.20. The van der Waals surface area contributed by atoms with Gasteiger partial charge in [-0.1, -0.05) is 0 Å². The van der Waals surface area contributed by atoms with Crippen molar-refractivity contribution in [3.63, 3.8) is 0 Å². The van der Waals surface area contributed by atoms with Crippen LogP contribution in [0.25, 0.3) is 0 Å². The molecular weight excluding hydrogens is 310 g/mol. The molecule has 0 bridgehead atoms. The van der Waals surface area contributed by atoms with Gasteiger partial charge in [0.25, 0.3) is 0 Å². The molecule has 1 N–H and O–H groups in total. The van der Waals surface area contributed by atoms with Gasteiger partial charge in [-0.25, -0.2) is 4.68 Å². The predicted molar refractivity (Wildman–Crippen MR) is 87.8 cm³/mol. The molecule has 0 aliphatic carbocycles. The van der Waals surface area contributed by atoms with Crippen LogP contribution in [0.2, 0.25) is 0 Å². The summed E-state index contributed by atoms with van der Waals surface area (Å²) in [6, 6.07) is 3.70. The Morgan fingerprint density at radius 1 is 1.50 bits per heavy atom. The van der Waals surface area contributed by atoms with E-state index in [-0.39, 0.29) is 6.04 Å². The van der Waals surface area contributed by atoms with E-state index in [4.69, 9.17) is 13.9 Å². The van der Waals surface area contributed by atoms with Crippen LogP contribution in [0.15, 0.2) is 22.8 Å². The lowest BCUT2D eigenvalue weighted by atomic mass is 10.0. The van der Waals surface area contributed by atoms with E-state index in [0.717, 1.165) is 30.2 Å². The number of morpholine rings is 1. The first kappa shape index (κ1) is 17.0. The van der Waals surface area contributed by atoms with Crippen molar-refractivity contribution in [3.8, 4) is 5.88 Å². The van der Waals surface area contributed by atoms with E-state index in [0.29, 0.717) is 25.4 Å². The van der Waals surface area contributed by atoms with Crippen LogP contribution >= 0.6 is 0 Å². The lowest BCUT2D eigenvalue weighted by Gasteiger charge is -2.36. The average Bonchev–Trinajstić information content (AvgIpc) is 3.18. The van der Waals surface area contributed by atoms with E-state index < -0.39 is 6.10 Å². The van der Waals surface area contributed by atoms with Gasteiger partial charge in [-0.15, -0.1) is 0 Å². The van der Waals surface area contributed by atoms with Crippen molar-refractivity contribution in [2.24, 2.45) is 7.05 Å². The van der Waals surface area contributed by atoms with Crippen LogP contribution in [-0.4, -0.2) is 52.7 Å². The normalized spacial score (nSPS) is 20.2. The fourth-order valence-corrected chi connectivity index (χ4v) is 3.29. The zero-order chi connectivity index (χ0) is 17.1. The molecule has 1 fully saturated rings. The van der Waals surface area contributed by atoms with Gasteiger partial charge in [-0.05, 0) is 25.5 Å². The highest BCUT2D eigenvalue weighted by Crippen LogP contribution is 2.27. The first-order valence-electron chi connectivity index (χ1n) is 8.20. The molecule has 2 aromatic heterocycles. The Kier molecular flexibility index (Phi) is 5.23. The van der Waals surface area contributed by atoms with Crippen molar-refractivity contribution >= 4 is 0 Å². The van der Waals surface area contributed by atoms with Crippen LogP contribution in [0.1, 0.15) is 29.5 Å². The Labute approximate surface area is 141 Å². The highest BCUT2D eigenvalue weighted by molar-refractivity contribution is 5.31. The number of ether oxygens (including phenoxy) is 2. The molecule has 3 rings (SSSR count). The molecule has 1 aliphatic rings. The maximum Gasteiger partial charge on any atom is 0.216 e. The fraction of sp³-hybridized carbons (Fsp3) is 0.588. The summed E-state index contributed by atoms with van der Waals surface area (Å²) in [5, 5.41) is 14.8. The number of hydrogen-bond donors (Lipinski definition) is 1. The minimum Gasteiger partial charge on any atom is -0.481 e. The zero-order valence-corrected chi connectivity index (χ0v) is 14.4. The zero-order valence-electron chi connectivity index (χ0n) is 14.4. The molecule has 3 heterocycles. The number of methoxy groups -OCH3 is 1. The largest absolute Gasteiger partial charge is 0.481 e. The molecule has 1 saturated heterocycles. The van der Waals surface area contributed by atoms with Crippen molar-refractivity contribution in [2.75, 3.05) is 26.9 Å². The third-order valence-electron chi connectivity index (χ3n) is 4.56. The predicted octanol–water partition coefficient (Wildman–Crippen LogP) is 1.65. The summed E-state index contributed by atoms with van der Waals surface area (Å²) in [5.41, 5.74) is 2.05. The monoisotopic (exact) mass is 335 g/mol. The lowest BCUT2D eigenvalue weighted by molar-refractivity contribution is -0.0326. The number of aliphatic hydroxyl groups excluding tert-OH is 1. The minimum absolute atomic E-state index is 0.114. The summed E-state index contributed by atoms with van der Waals surface area (Å²) < 4.78 is 18.2. The number of hydrogen-bond acceptors (Lipinski definition) is 6. The number of aryl methyl sites for hydroxylation is 2. The smallest absolute Gasteiger partial charge is 0.216 e. The lowest BCUT2D eigenvalue weighted by Crippen LogP contribution is -2.45. The first-order chi connectivity index (χ1) is 11.6. The maximum absolute atomic E-state index is 10.4. The number of nitrogens with zero attached hydrogens (tertiary/aromatic N) is 3. The number of furan rings is 1. The van der Waals surface area contributed by atoms with E-state index in [9.17, 15) is 5.11 Å². The molecule has 0 radical (unpaired) electrons. The summed E-state index contributed by atoms with van der Waals surface area (Å²) >= 11 is 0. The number of aromatic nitrogens is 2. The van der Waals surface area contributed by atoms with Crippen LogP contribution in [-0.2, 0) is 18.3 Å². The Hall–Kier alpha value is -1.83. The molecule has 7 nitrogen and oxygen atoms in total. The van der Waals surface area contributed by atoms with Gasteiger partial charge in [-0.3, -0.25) is 4.90 Å². The van der Waals surface area contributed by atoms with E-state index in [1.807, 2.05) is 14.0 Å². The van der Waals surface area contributed by atoms with Crippen LogP contribution in [0.3, 0.4) is 0 Å². The summed E-state index contributed by atoms with van der Waals surface area (Å²) in [4.78, 5) is 2.32. The molecule has 7 heteroatoms. The number of aliphatic hydroxyl groups is 1. The van der Waals surface area contributed by atoms with Crippen molar-refractivity contribution < 1.29 is 19.0 Å². The quantitative estimate of drug-likeness (QED) is 0.865. The SMILES string of the molecule is COc1c(CN2CCOCC2CC(O)c2ccco2)c(C)nn1C. The molecular formula is C17H25N3O4. The van der Waals surface area contributed by atoms with Crippen molar-refractivity contribution in [1.82, 2.24) is 14.7 Å². The van der Waals surface area contributed by atoms with Crippen LogP contribution in [0.5, 0.6) is 5.88 Å². The van der Waals surface area contributed by atoms with Gasteiger partial charge in [-0.2, -0.15) is 5.10 Å². The molecule has 24 heavy (non-hydrogen) atoms. The van der Waals surface area contributed by atoms with Crippen LogP contribution < -0.4 is 4.74 Å². The number of rotatable bonds is 6.